The Morgan fingerprint density at radius 1 is 0.947 bits per heavy atom. The first-order chi connectivity index (χ1) is 18.4. The number of hydrazine groups is 1. The number of anilines is 1. The van der Waals surface area contributed by atoms with Gasteiger partial charge >= 0.3 is 5.97 Å². The molecule has 0 radical (unpaired) electrons. The van der Waals surface area contributed by atoms with Crippen molar-refractivity contribution in [3.8, 4) is 5.75 Å². The molecule has 196 valence electrons. The van der Waals surface area contributed by atoms with E-state index in [1.54, 1.807) is 48.2 Å². The Bertz CT molecular complexity index is 1340. The van der Waals surface area contributed by atoms with Crippen molar-refractivity contribution in [2.45, 2.75) is 32.0 Å². The zero-order valence-corrected chi connectivity index (χ0v) is 21.0. The van der Waals surface area contributed by atoms with Gasteiger partial charge in [0, 0.05) is 23.7 Å². The smallest absolute Gasteiger partial charge is 0.338 e. The van der Waals surface area contributed by atoms with E-state index in [1.807, 2.05) is 31.2 Å². The summed E-state index contributed by atoms with van der Waals surface area (Å²) in [7, 11) is 0. The monoisotopic (exact) mass is 516 g/mol. The van der Waals surface area contributed by atoms with Crippen LogP contribution >= 0.6 is 0 Å². The minimum atomic E-state index is -0.569. The van der Waals surface area contributed by atoms with E-state index in [9.17, 15) is 19.7 Å². The summed E-state index contributed by atoms with van der Waals surface area (Å²) < 4.78 is 10.7. The van der Waals surface area contributed by atoms with E-state index in [4.69, 9.17) is 9.47 Å². The fourth-order valence-electron chi connectivity index (χ4n) is 5.31. The Morgan fingerprint density at radius 2 is 1.66 bits per heavy atom. The van der Waals surface area contributed by atoms with Gasteiger partial charge in [0.1, 0.15) is 11.8 Å². The fourth-order valence-corrected chi connectivity index (χ4v) is 5.31. The molecular weight excluding hydrogens is 488 g/mol. The lowest BCUT2D eigenvalue weighted by molar-refractivity contribution is -0.384. The number of hydrogen-bond donors (Lipinski definition) is 2. The van der Waals surface area contributed by atoms with Crippen molar-refractivity contribution in [2.24, 2.45) is 5.92 Å². The third-order valence-electron chi connectivity index (χ3n) is 6.94. The quantitative estimate of drug-likeness (QED) is 0.261. The first kappa shape index (κ1) is 25.4. The lowest BCUT2D eigenvalue weighted by Crippen LogP contribution is -2.41. The highest BCUT2D eigenvalue weighted by molar-refractivity contribution is 6.02. The summed E-state index contributed by atoms with van der Waals surface area (Å²) in [5.41, 5.74) is 8.95. The summed E-state index contributed by atoms with van der Waals surface area (Å²) in [5, 5.41) is 11.6. The number of non-ortho nitro benzene ring substituents is 1. The number of nitro groups is 1. The molecule has 0 saturated carbocycles. The van der Waals surface area contributed by atoms with Gasteiger partial charge in [-0.05, 0) is 61.4 Å². The maximum atomic E-state index is 13.8. The average molecular weight is 517 g/mol. The molecule has 5 rings (SSSR count). The molecule has 1 amide bonds. The zero-order chi connectivity index (χ0) is 26.8. The van der Waals surface area contributed by atoms with Crippen LogP contribution in [-0.4, -0.2) is 36.1 Å². The van der Waals surface area contributed by atoms with Crippen LogP contribution < -0.4 is 20.5 Å². The minimum Gasteiger partial charge on any atom is -0.494 e. The first-order valence-electron chi connectivity index (χ1n) is 12.5. The van der Waals surface area contributed by atoms with Gasteiger partial charge in [-0.3, -0.25) is 14.9 Å². The van der Waals surface area contributed by atoms with Crippen LogP contribution in [0.5, 0.6) is 5.75 Å². The van der Waals surface area contributed by atoms with Crippen molar-refractivity contribution < 1.29 is 24.0 Å². The van der Waals surface area contributed by atoms with E-state index < -0.39 is 23.0 Å². The number of nitrogens with zero attached hydrogens (tertiary/aromatic N) is 2. The van der Waals surface area contributed by atoms with Gasteiger partial charge in [-0.1, -0.05) is 24.3 Å². The van der Waals surface area contributed by atoms with Crippen LogP contribution in [0.15, 0.2) is 72.8 Å². The van der Waals surface area contributed by atoms with Crippen LogP contribution in [0.4, 0.5) is 11.4 Å². The highest BCUT2D eigenvalue weighted by Gasteiger charge is 2.56. The van der Waals surface area contributed by atoms with Gasteiger partial charge in [-0.2, -0.15) is 0 Å². The highest BCUT2D eigenvalue weighted by Crippen LogP contribution is 2.49. The predicted molar refractivity (Wildman–Crippen MR) is 140 cm³/mol. The number of nitrogens with one attached hydrogen (secondary N) is 2. The standard InChI is InChI=1S/C28H28N4O6/c1-3-37-22-14-10-17(11-15-22)24-23-25(30-29-24)27(33)31(20-12-8-18(9-13-20)28(34)38-4-2)26(23)19-6-5-7-21(16-19)32(35)36/h5-16,23-26,29-30H,3-4H2,1-2H3. The second kappa shape index (κ2) is 10.6. The number of benzene rings is 3. The van der Waals surface area contributed by atoms with Gasteiger partial charge in [-0.25, -0.2) is 15.6 Å². The molecule has 3 aromatic carbocycles. The molecule has 38 heavy (non-hydrogen) atoms. The molecule has 0 aliphatic carbocycles. The maximum absolute atomic E-state index is 13.8. The second-order valence-corrected chi connectivity index (χ2v) is 9.10. The normalized spacial score (nSPS) is 22.3. The summed E-state index contributed by atoms with van der Waals surface area (Å²) >= 11 is 0. The number of carbonyl (C=O) groups is 2. The number of ether oxygens (including phenoxy) is 2. The Kier molecular flexibility index (Phi) is 7.08. The molecular formula is C28H28N4O6. The number of carbonyl (C=O) groups excluding carboxylic acids is 2. The number of nitro benzene ring substituents is 1. The second-order valence-electron chi connectivity index (χ2n) is 9.10. The third-order valence-corrected chi connectivity index (χ3v) is 6.94. The Hall–Kier alpha value is -4.28. The molecule has 2 saturated heterocycles. The van der Waals surface area contributed by atoms with Crippen LogP contribution in [0, 0.1) is 16.0 Å². The van der Waals surface area contributed by atoms with E-state index in [0.717, 1.165) is 11.3 Å². The van der Waals surface area contributed by atoms with Gasteiger partial charge in [-0.15, -0.1) is 0 Å². The Balaban J connectivity index is 1.56. The molecule has 0 spiro atoms. The van der Waals surface area contributed by atoms with Gasteiger partial charge < -0.3 is 14.4 Å². The van der Waals surface area contributed by atoms with Crippen LogP contribution in [0.25, 0.3) is 0 Å². The molecule has 4 unspecified atom stereocenters. The third kappa shape index (κ3) is 4.59. The van der Waals surface area contributed by atoms with Crippen LogP contribution in [-0.2, 0) is 9.53 Å². The lowest BCUT2D eigenvalue weighted by atomic mass is 9.83. The Morgan fingerprint density at radius 3 is 2.32 bits per heavy atom. The fraction of sp³-hybridized carbons (Fsp3) is 0.286. The highest BCUT2D eigenvalue weighted by atomic mass is 16.6. The summed E-state index contributed by atoms with van der Waals surface area (Å²) in [4.78, 5) is 38.8. The molecule has 2 heterocycles. The van der Waals surface area contributed by atoms with E-state index in [0.29, 0.717) is 23.4 Å². The lowest BCUT2D eigenvalue weighted by Gasteiger charge is -2.31. The van der Waals surface area contributed by atoms with Gasteiger partial charge in [0.2, 0.25) is 5.91 Å². The Labute approximate surface area is 219 Å². The number of esters is 1. The van der Waals surface area contributed by atoms with Crippen LogP contribution in [0.1, 0.15) is 47.4 Å². The van der Waals surface area contributed by atoms with E-state index in [2.05, 4.69) is 10.9 Å². The summed E-state index contributed by atoms with van der Waals surface area (Å²) in [6, 6.07) is 19.4. The van der Waals surface area contributed by atoms with E-state index >= 15 is 0 Å². The molecule has 2 fully saturated rings. The summed E-state index contributed by atoms with van der Waals surface area (Å²) in [6.07, 6.45) is 0. The van der Waals surface area contributed by atoms with E-state index in [1.165, 1.54) is 12.1 Å². The van der Waals surface area contributed by atoms with Crippen LogP contribution in [0.3, 0.4) is 0 Å². The number of amides is 1. The topological polar surface area (TPSA) is 123 Å². The predicted octanol–water partition coefficient (Wildman–Crippen LogP) is 4.09. The van der Waals surface area contributed by atoms with Gasteiger partial charge in [0.15, 0.2) is 0 Å². The summed E-state index contributed by atoms with van der Waals surface area (Å²) in [5.74, 6) is -0.149. The maximum Gasteiger partial charge on any atom is 0.338 e. The van der Waals surface area contributed by atoms with Crippen LogP contribution in [0.2, 0.25) is 0 Å². The molecule has 2 N–H and O–H groups in total. The number of rotatable bonds is 8. The largest absolute Gasteiger partial charge is 0.494 e. The van der Waals surface area contributed by atoms with Gasteiger partial charge in [0.05, 0.1) is 35.8 Å². The van der Waals surface area contributed by atoms with Gasteiger partial charge in [0.25, 0.3) is 5.69 Å². The van der Waals surface area contributed by atoms with Crippen molar-refractivity contribution in [1.29, 1.82) is 0 Å². The molecule has 10 heteroatoms. The molecule has 10 nitrogen and oxygen atoms in total. The van der Waals surface area contributed by atoms with Crippen molar-refractivity contribution in [2.75, 3.05) is 18.1 Å². The SMILES string of the molecule is CCOC(=O)c1ccc(N2C(=O)C3NNC(c4ccc(OCC)cc4)C3C2c2cccc([N+](=O)[O-])c2)cc1. The summed E-state index contributed by atoms with van der Waals surface area (Å²) in [6.45, 7) is 4.47. The molecule has 0 bridgehead atoms. The van der Waals surface area contributed by atoms with Crippen molar-refractivity contribution in [3.63, 3.8) is 0 Å². The number of hydrogen-bond acceptors (Lipinski definition) is 8. The minimum absolute atomic E-state index is 0.0486. The van der Waals surface area contributed by atoms with Crippen molar-refractivity contribution in [1.82, 2.24) is 10.9 Å². The molecule has 0 aromatic heterocycles. The number of fused-ring (bicyclic) bond motifs is 1. The van der Waals surface area contributed by atoms with E-state index in [-0.39, 0.29) is 30.2 Å². The zero-order valence-electron chi connectivity index (χ0n) is 21.0. The first-order valence-corrected chi connectivity index (χ1v) is 12.5. The van der Waals surface area contributed by atoms with Crippen molar-refractivity contribution >= 4 is 23.3 Å². The van der Waals surface area contributed by atoms with Crippen molar-refractivity contribution in [3.05, 3.63) is 99.6 Å². The molecule has 2 aliphatic heterocycles. The average Bonchev–Trinajstić information content (AvgIpc) is 3.48. The molecule has 4 atom stereocenters. The molecule has 3 aromatic rings. The molecule has 2 aliphatic rings.